The van der Waals surface area contributed by atoms with Crippen molar-refractivity contribution >= 4 is 21.9 Å². The number of nitrogens with two attached hydrogens (primary N) is 1. The average Bonchev–Trinajstić information content (AvgIpc) is 2.70. The summed E-state index contributed by atoms with van der Waals surface area (Å²) in [5.74, 6) is -2.41. The number of carboxylic acids is 1. The van der Waals surface area contributed by atoms with Crippen molar-refractivity contribution in [1.29, 1.82) is 0 Å². The second-order valence-electron chi connectivity index (χ2n) is 5.12. The zero-order chi connectivity index (χ0) is 16.4. The number of hydrogen-bond donors (Lipinski definition) is 3. The fourth-order valence-electron chi connectivity index (χ4n) is 1.82. The molecule has 0 fully saturated rings. The van der Waals surface area contributed by atoms with E-state index in [2.05, 4.69) is 5.32 Å². The largest absolute Gasteiger partial charge is 0.481 e. The summed E-state index contributed by atoms with van der Waals surface area (Å²) in [5, 5.41) is 16.5. The molecule has 0 spiro atoms. The predicted octanol–water partition coefficient (Wildman–Crippen LogP) is -0.241. The molecule has 8 nitrogen and oxygen atoms in total. The van der Waals surface area contributed by atoms with Gasteiger partial charge in [0, 0.05) is 19.8 Å². The van der Waals surface area contributed by atoms with Gasteiger partial charge in [-0.3, -0.25) is 9.59 Å². The summed E-state index contributed by atoms with van der Waals surface area (Å²) in [4.78, 5) is 22.9. The number of rotatable bonds is 6. The lowest BCUT2D eigenvalue weighted by atomic mass is 9.96. The van der Waals surface area contributed by atoms with Gasteiger partial charge in [0.15, 0.2) is 0 Å². The van der Waals surface area contributed by atoms with Crippen molar-refractivity contribution in [3.8, 4) is 0 Å². The number of amides is 1. The lowest BCUT2D eigenvalue weighted by molar-refractivity contribution is -0.142. The van der Waals surface area contributed by atoms with Crippen LogP contribution in [-0.2, 0) is 21.9 Å². The van der Waals surface area contributed by atoms with Crippen molar-refractivity contribution in [2.24, 2.45) is 24.0 Å². The van der Waals surface area contributed by atoms with Crippen LogP contribution in [0, 0.1) is 11.8 Å². The standard InChI is InChI=1S/C12H19N3O5S/c1-7(2)9(12(17)18)5-14-11(16)10-4-8(6-15(10)3)21(13,19)20/h4,6-7,9H,5H2,1-3H3,(H,14,16)(H,17,18)(H2,13,19,20). The van der Waals surface area contributed by atoms with Gasteiger partial charge in [0.25, 0.3) is 5.91 Å². The molecule has 0 radical (unpaired) electrons. The number of primary sulfonamides is 1. The van der Waals surface area contributed by atoms with Crippen LogP contribution in [0.25, 0.3) is 0 Å². The first kappa shape index (κ1) is 17.2. The van der Waals surface area contributed by atoms with Gasteiger partial charge < -0.3 is 15.0 Å². The van der Waals surface area contributed by atoms with Crippen LogP contribution in [0.5, 0.6) is 0 Å². The molecule has 0 aromatic carbocycles. The smallest absolute Gasteiger partial charge is 0.308 e. The van der Waals surface area contributed by atoms with Gasteiger partial charge >= 0.3 is 5.97 Å². The van der Waals surface area contributed by atoms with Crippen LogP contribution < -0.4 is 10.5 Å². The summed E-state index contributed by atoms with van der Waals surface area (Å²) in [6.07, 6.45) is 1.22. The Morgan fingerprint density at radius 1 is 1.43 bits per heavy atom. The number of aryl methyl sites for hydroxylation is 1. The molecule has 0 saturated heterocycles. The number of aliphatic carboxylic acids is 1. The minimum absolute atomic E-state index is 0.0400. The topological polar surface area (TPSA) is 131 Å². The first-order chi connectivity index (χ1) is 9.54. The second-order valence-corrected chi connectivity index (χ2v) is 6.68. The van der Waals surface area contributed by atoms with E-state index in [-0.39, 0.29) is 23.1 Å². The minimum Gasteiger partial charge on any atom is -0.481 e. The summed E-state index contributed by atoms with van der Waals surface area (Å²) < 4.78 is 23.8. The van der Waals surface area contributed by atoms with Crippen LogP contribution in [-0.4, -0.2) is 36.5 Å². The molecular weight excluding hydrogens is 298 g/mol. The molecule has 1 aromatic rings. The molecule has 1 rings (SSSR count). The fraction of sp³-hybridized carbons (Fsp3) is 0.500. The van der Waals surface area contributed by atoms with Crippen LogP contribution >= 0.6 is 0 Å². The van der Waals surface area contributed by atoms with Crippen molar-refractivity contribution in [2.45, 2.75) is 18.7 Å². The third kappa shape index (κ3) is 4.30. The highest BCUT2D eigenvalue weighted by Crippen LogP contribution is 2.13. The summed E-state index contributed by atoms with van der Waals surface area (Å²) in [6, 6.07) is 1.15. The Morgan fingerprint density at radius 2 is 2.00 bits per heavy atom. The molecule has 0 aliphatic heterocycles. The highest BCUT2D eigenvalue weighted by Gasteiger charge is 2.23. The third-order valence-electron chi connectivity index (χ3n) is 3.15. The van der Waals surface area contributed by atoms with Gasteiger partial charge in [-0.2, -0.15) is 0 Å². The molecule has 1 aromatic heterocycles. The van der Waals surface area contributed by atoms with Crippen molar-refractivity contribution in [3.63, 3.8) is 0 Å². The van der Waals surface area contributed by atoms with Gasteiger partial charge in [0.05, 0.1) is 5.92 Å². The van der Waals surface area contributed by atoms with E-state index in [9.17, 15) is 18.0 Å². The van der Waals surface area contributed by atoms with Gasteiger partial charge in [0.2, 0.25) is 10.0 Å². The number of carboxylic acid groups (broad SMARTS) is 1. The van der Waals surface area contributed by atoms with E-state index in [0.717, 1.165) is 6.07 Å². The Kier molecular flexibility index (Phi) is 5.13. The highest BCUT2D eigenvalue weighted by atomic mass is 32.2. The second kappa shape index (κ2) is 6.27. The number of hydrogen-bond acceptors (Lipinski definition) is 4. The van der Waals surface area contributed by atoms with E-state index in [1.807, 2.05) is 0 Å². The van der Waals surface area contributed by atoms with Crippen LogP contribution in [0.15, 0.2) is 17.2 Å². The third-order valence-corrected chi connectivity index (χ3v) is 4.03. The van der Waals surface area contributed by atoms with E-state index < -0.39 is 27.8 Å². The lowest BCUT2D eigenvalue weighted by Gasteiger charge is -2.16. The highest BCUT2D eigenvalue weighted by molar-refractivity contribution is 7.89. The van der Waals surface area contributed by atoms with Crippen molar-refractivity contribution in [1.82, 2.24) is 9.88 Å². The van der Waals surface area contributed by atoms with E-state index in [4.69, 9.17) is 10.2 Å². The number of nitrogens with one attached hydrogen (secondary N) is 1. The average molecular weight is 317 g/mol. The molecule has 0 aliphatic rings. The Hall–Kier alpha value is -1.87. The molecular formula is C12H19N3O5S. The van der Waals surface area contributed by atoms with E-state index in [0.29, 0.717) is 0 Å². The summed E-state index contributed by atoms with van der Waals surface area (Å²) >= 11 is 0. The zero-order valence-electron chi connectivity index (χ0n) is 12.0. The molecule has 4 N–H and O–H groups in total. The molecule has 0 saturated carbocycles. The molecule has 1 amide bonds. The normalized spacial score (nSPS) is 13.2. The monoisotopic (exact) mass is 317 g/mol. The Morgan fingerprint density at radius 3 is 2.38 bits per heavy atom. The van der Waals surface area contributed by atoms with E-state index >= 15 is 0 Å². The Labute approximate surface area is 123 Å². The van der Waals surface area contributed by atoms with Gasteiger partial charge in [0.1, 0.15) is 10.6 Å². The number of aromatic nitrogens is 1. The zero-order valence-corrected chi connectivity index (χ0v) is 12.8. The number of nitrogens with zero attached hydrogens (tertiary/aromatic N) is 1. The maximum atomic E-state index is 12.0. The summed E-state index contributed by atoms with van der Waals surface area (Å²) in [6.45, 7) is 3.45. The molecule has 9 heteroatoms. The van der Waals surface area contributed by atoms with Crippen LogP contribution in [0.3, 0.4) is 0 Å². The van der Waals surface area contributed by atoms with Crippen molar-refractivity contribution < 1.29 is 23.1 Å². The number of sulfonamides is 1. The molecule has 21 heavy (non-hydrogen) atoms. The first-order valence-electron chi connectivity index (χ1n) is 6.24. The maximum absolute atomic E-state index is 12.0. The molecule has 118 valence electrons. The Bertz CT molecular complexity index is 648. The molecule has 1 heterocycles. The lowest BCUT2D eigenvalue weighted by Crippen LogP contribution is -2.36. The molecule has 1 unspecified atom stereocenters. The summed E-state index contributed by atoms with van der Waals surface area (Å²) in [7, 11) is -2.39. The number of carbonyl (C=O) groups is 2. The molecule has 0 aliphatic carbocycles. The minimum atomic E-state index is -3.89. The van der Waals surface area contributed by atoms with Crippen LogP contribution in [0.1, 0.15) is 24.3 Å². The quantitative estimate of drug-likeness (QED) is 0.666. The van der Waals surface area contributed by atoms with Crippen molar-refractivity contribution in [3.05, 3.63) is 18.0 Å². The first-order valence-corrected chi connectivity index (χ1v) is 7.78. The SMILES string of the molecule is CC(C)C(CNC(=O)c1cc(S(N)(=O)=O)cn1C)C(=O)O. The fourth-order valence-corrected chi connectivity index (χ4v) is 2.40. The van der Waals surface area contributed by atoms with Gasteiger partial charge in [-0.05, 0) is 12.0 Å². The van der Waals surface area contributed by atoms with Crippen LogP contribution in [0.2, 0.25) is 0 Å². The summed E-state index contributed by atoms with van der Waals surface area (Å²) in [5.41, 5.74) is 0.0897. The molecule has 1 atom stereocenters. The van der Waals surface area contributed by atoms with Gasteiger partial charge in [-0.1, -0.05) is 13.8 Å². The van der Waals surface area contributed by atoms with Gasteiger partial charge in [-0.25, -0.2) is 13.6 Å². The molecule has 0 bridgehead atoms. The number of carbonyl (C=O) groups excluding carboxylic acids is 1. The van der Waals surface area contributed by atoms with E-state index in [1.54, 1.807) is 13.8 Å². The maximum Gasteiger partial charge on any atom is 0.308 e. The van der Waals surface area contributed by atoms with E-state index in [1.165, 1.54) is 17.8 Å². The predicted molar refractivity (Wildman–Crippen MR) is 75.1 cm³/mol. The van der Waals surface area contributed by atoms with Gasteiger partial charge in [-0.15, -0.1) is 0 Å². The van der Waals surface area contributed by atoms with Crippen LogP contribution in [0.4, 0.5) is 0 Å². The Balaban J connectivity index is 2.86. The van der Waals surface area contributed by atoms with Crippen molar-refractivity contribution in [2.75, 3.05) is 6.54 Å².